The lowest BCUT2D eigenvalue weighted by molar-refractivity contribution is -0.159. The molecule has 0 spiro atoms. The number of nitrogens with one attached hydrogen (secondary N) is 1. The summed E-state index contributed by atoms with van der Waals surface area (Å²) in [4.78, 5) is 44.3. The molecule has 2 heterocycles. The van der Waals surface area contributed by atoms with Gasteiger partial charge in [-0.1, -0.05) is 47.6 Å². The molecule has 0 aliphatic carbocycles. The molecule has 0 aliphatic heterocycles. The molecular weight excluding hydrogens is 539 g/mol. The summed E-state index contributed by atoms with van der Waals surface area (Å²) >= 11 is 0. The van der Waals surface area contributed by atoms with Crippen molar-refractivity contribution in [2.45, 2.75) is 72.9 Å². The zero-order valence-corrected chi connectivity index (χ0v) is 23.4. The van der Waals surface area contributed by atoms with Gasteiger partial charge in [0, 0.05) is 42.2 Å². The van der Waals surface area contributed by atoms with Gasteiger partial charge in [-0.25, -0.2) is 9.97 Å². The van der Waals surface area contributed by atoms with E-state index >= 15 is 0 Å². The van der Waals surface area contributed by atoms with Gasteiger partial charge in [0.2, 0.25) is 0 Å². The minimum atomic E-state index is -0.736. The van der Waals surface area contributed by atoms with Crippen LogP contribution in [0.3, 0.4) is 0 Å². The van der Waals surface area contributed by atoms with E-state index in [1.54, 1.807) is 44.8 Å². The van der Waals surface area contributed by atoms with Crippen LogP contribution in [0.15, 0.2) is 58.8 Å². The summed E-state index contributed by atoms with van der Waals surface area (Å²) < 4.78 is 9.78. The second-order valence-electron chi connectivity index (χ2n) is 7.64. The molecule has 36 heavy (non-hydrogen) atoms. The van der Waals surface area contributed by atoms with Gasteiger partial charge in [-0.3, -0.25) is 19.8 Å². The number of hydrogen-bond donors (Lipinski definition) is 1. The molecule has 12 heteroatoms. The molecule has 0 aliphatic rings. The Morgan fingerprint density at radius 1 is 0.750 bits per heavy atom. The number of pyridine rings is 2. The van der Waals surface area contributed by atoms with Gasteiger partial charge in [0.15, 0.2) is 5.90 Å². The zero-order valence-electron chi connectivity index (χ0n) is 20.1. The Morgan fingerprint density at radius 3 is 1.69 bits per heavy atom. The minimum Gasteiger partial charge on any atom is -0.412 e. The normalized spacial score (nSPS) is 12.4. The van der Waals surface area contributed by atoms with E-state index in [0.29, 0.717) is 12.8 Å². The molecule has 0 amide bonds. The Morgan fingerprint density at radius 2 is 1.22 bits per heavy atom. The molecular formula is C24H29N3O5S4. The molecule has 0 fully saturated rings. The number of nitrogens with zero attached hydrogens (tertiary/aromatic N) is 2. The molecule has 0 bridgehead atoms. The van der Waals surface area contributed by atoms with Crippen LogP contribution in [0.5, 0.6) is 0 Å². The molecule has 0 saturated carbocycles. The highest BCUT2D eigenvalue weighted by Crippen LogP contribution is 2.35. The lowest BCUT2D eigenvalue weighted by atomic mass is 10.2. The van der Waals surface area contributed by atoms with E-state index in [4.69, 9.17) is 14.9 Å². The van der Waals surface area contributed by atoms with Crippen molar-refractivity contribution < 1.29 is 23.9 Å². The number of carbonyl (C=O) groups is 3. The predicted molar refractivity (Wildman–Crippen MR) is 147 cm³/mol. The molecule has 2 rings (SSSR count). The number of rotatable bonds is 15. The predicted octanol–water partition coefficient (Wildman–Crippen LogP) is 6.37. The van der Waals surface area contributed by atoms with Gasteiger partial charge in [-0.05, 0) is 58.7 Å². The van der Waals surface area contributed by atoms with E-state index in [-0.39, 0.29) is 42.1 Å². The first kappa shape index (κ1) is 30.2. The van der Waals surface area contributed by atoms with E-state index < -0.39 is 17.9 Å². The summed E-state index contributed by atoms with van der Waals surface area (Å²) in [7, 11) is 6.29. The molecule has 0 radical (unpaired) electrons. The molecule has 1 N–H and O–H groups in total. The Kier molecular flexibility index (Phi) is 14.6. The van der Waals surface area contributed by atoms with Crippen LogP contribution in [0.1, 0.15) is 52.4 Å². The van der Waals surface area contributed by atoms with Gasteiger partial charge in [0.05, 0.1) is 6.42 Å². The van der Waals surface area contributed by atoms with Crippen molar-refractivity contribution in [2.75, 3.05) is 0 Å². The van der Waals surface area contributed by atoms with Crippen LogP contribution in [0.25, 0.3) is 0 Å². The first-order chi connectivity index (χ1) is 17.3. The molecule has 2 atom stereocenters. The largest absolute Gasteiger partial charge is 0.412 e. The monoisotopic (exact) mass is 567 g/mol. The minimum absolute atomic E-state index is 0.106. The topological polar surface area (TPSA) is 119 Å². The van der Waals surface area contributed by atoms with E-state index in [9.17, 15) is 14.4 Å². The molecule has 2 aromatic heterocycles. The van der Waals surface area contributed by atoms with Gasteiger partial charge in [0.1, 0.15) is 10.1 Å². The maximum Gasteiger partial charge on any atom is 0.313 e. The van der Waals surface area contributed by atoms with Gasteiger partial charge >= 0.3 is 17.9 Å². The quantitative estimate of drug-likeness (QED) is 0.0850. The van der Waals surface area contributed by atoms with Gasteiger partial charge in [0.25, 0.3) is 0 Å². The summed E-state index contributed by atoms with van der Waals surface area (Å²) in [6.45, 7) is 4.00. The molecule has 0 saturated heterocycles. The summed E-state index contributed by atoms with van der Waals surface area (Å²) in [5.74, 6) is -2.17. The number of carbonyl (C=O) groups excluding carboxylic acids is 3. The summed E-state index contributed by atoms with van der Waals surface area (Å²) in [5, 5.41) is 9.91. The van der Waals surface area contributed by atoms with Gasteiger partial charge < -0.3 is 9.47 Å². The van der Waals surface area contributed by atoms with Crippen molar-refractivity contribution in [1.29, 1.82) is 5.41 Å². The Bertz CT molecular complexity index is 903. The highest BCUT2D eigenvalue weighted by molar-refractivity contribution is 8.77. The number of aromatic nitrogens is 2. The lowest BCUT2D eigenvalue weighted by Crippen LogP contribution is -2.17. The third-order valence-corrected chi connectivity index (χ3v) is 10.1. The number of ether oxygens (including phenoxy) is 2. The highest BCUT2D eigenvalue weighted by Gasteiger charge is 2.16. The fraction of sp³-hybridized carbons (Fsp3) is 0.417. The fourth-order valence-electron chi connectivity index (χ4n) is 2.48. The molecule has 194 valence electrons. The van der Waals surface area contributed by atoms with Crippen LogP contribution >= 0.6 is 43.2 Å². The van der Waals surface area contributed by atoms with E-state index in [0.717, 1.165) is 10.1 Å². The van der Waals surface area contributed by atoms with Crippen molar-refractivity contribution in [3.8, 4) is 0 Å². The summed E-state index contributed by atoms with van der Waals surface area (Å²) in [5.41, 5.74) is 0. The molecule has 2 aromatic rings. The van der Waals surface area contributed by atoms with Gasteiger partial charge in [-0.15, -0.1) is 0 Å². The maximum absolute atomic E-state index is 12.0. The average Bonchev–Trinajstić information content (AvgIpc) is 2.88. The summed E-state index contributed by atoms with van der Waals surface area (Å²) in [6, 6.07) is 11.4. The van der Waals surface area contributed by atoms with Crippen LogP contribution in [-0.4, -0.2) is 44.3 Å². The third kappa shape index (κ3) is 13.9. The van der Waals surface area contributed by atoms with Gasteiger partial charge in [-0.2, -0.15) is 0 Å². The van der Waals surface area contributed by atoms with Crippen LogP contribution in [0.2, 0.25) is 0 Å². The van der Waals surface area contributed by atoms with Crippen molar-refractivity contribution >= 4 is 67.0 Å². The SMILES string of the molecule is CC(CCC(=O)OC(=N)CCC(=O)OC(=O)CCC(C)SSc1ccccn1)SSc1ccccn1. The Hall–Kier alpha value is -2.02. The smallest absolute Gasteiger partial charge is 0.313 e. The third-order valence-electron chi connectivity index (χ3n) is 4.40. The van der Waals surface area contributed by atoms with Crippen LogP contribution in [0, 0.1) is 5.41 Å². The second kappa shape index (κ2) is 17.4. The first-order valence-corrected chi connectivity index (χ1v) is 15.7. The molecule has 8 nitrogen and oxygen atoms in total. The zero-order chi connectivity index (χ0) is 26.2. The Balaban J connectivity index is 1.52. The van der Waals surface area contributed by atoms with Crippen molar-refractivity contribution in [3.63, 3.8) is 0 Å². The molecule has 2 unspecified atom stereocenters. The van der Waals surface area contributed by atoms with Crippen molar-refractivity contribution in [1.82, 2.24) is 9.97 Å². The second-order valence-corrected chi connectivity index (χ2v) is 13.0. The maximum atomic E-state index is 12.0. The van der Waals surface area contributed by atoms with Crippen molar-refractivity contribution in [2.24, 2.45) is 0 Å². The number of esters is 3. The van der Waals surface area contributed by atoms with E-state index in [2.05, 4.69) is 9.97 Å². The highest BCUT2D eigenvalue weighted by atomic mass is 33.1. The standard InChI is InChI=1S/C24H29N3O5S4/c1-17(33-35-20-7-3-5-15-26-20)9-12-22(28)31-19(25)11-14-24(30)32-23(29)13-10-18(2)34-36-21-8-4-6-16-27-21/h3-8,15-18,25H,9-14H2,1-2H3. The van der Waals surface area contributed by atoms with Crippen LogP contribution in [-0.2, 0) is 23.9 Å². The number of hydrogen-bond acceptors (Lipinski definition) is 12. The molecule has 0 aromatic carbocycles. The van der Waals surface area contributed by atoms with Crippen LogP contribution in [0.4, 0.5) is 0 Å². The van der Waals surface area contributed by atoms with E-state index in [1.807, 2.05) is 50.2 Å². The summed E-state index contributed by atoms with van der Waals surface area (Å²) in [6.07, 6.45) is 4.57. The lowest BCUT2D eigenvalue weighted by Gasteiger charge is -2.10. The Labute approximate surface area is 227 Å². The average molecular weight is 568 g/mol. The van der Waals surface area contributed by atoms with E-state index in [1.165, 1.54) is 10.8 Å². The van der Waals surface area contributed by atoms with Crippen LogP contribution < -0.4 is 0 Å². The fourth-order valence-corrected chi connectivity index (χ4v) is 6.65. The van der Waals surface area contributed by atoms with Crippen molar-refractivity contribution in [3.05, 3.63) is 48.8 Å². The first-order valence-electron chi connectivity index (χ1n) is 11.3.